The van der Waals surface area contributed by atoms with Gasteiger partial charge in [-0.1, -0.05) is 13.8 Å². The summed E-state index contributed by atoms with van der Waals surface area (Å²) in [5.41, 5.74) is 9.61. The molecule has 0 aliphatic heterocycles. The fourth-order valence-corrected chi connectivity index (χ4v) is 1.77. The second-order valence-electron chi connectivity index (χ2n) is 4.09. The highest BCUT2D eigenvalue weighted by atomic mass is 15.3. The molecule has 0 radical (unpaired) electrons. The van der Waals surface area contributed by atoms with Crippen LogP contribution in [-0.4, -0.2) is 14.8 Å². The molecule has 0 aliphatic rings. The maximum Gasteiger partial charge on any atom is 0.154 e. The molecule has 0 saturated carbocycles. The number of hydrogen-bond acceptors (Lipinski definition) is 3. The summed E-state index contributed by atoms with van der Waals surface area (Å²) in [6.07, 6.45) is 1.88. The molecule has 0 unspecified atom stereocenters. The van der Waals surface area contributed by atoms with Crippen molar-refractivity contribution < 1.29 is 0 Å². The third-order valence-electron chi connectivity index (χ3n) is 2.89. The van der Waals surface area contributed by atoms with Crippen LogP contribution >= 0.6 is 0 Å². The Bertz CT molecular complexity index is 528. The van der Waals surface area contributed by atoms with Crippen molar-refractivity contribution in [1.82, 2.24) is 14.8 Å². The summed E-state index contributed by atoms with van der Waals surface area (Å²) in [7, 11) is 0. The number of anilines is 1. The smallest absolute Gasteiger partial charge is 0.154 e. The number of aryl methyl sites for hydroxylation is 3. The fraction of sp³-hybridized carbons (Fsp3) is 0.385. The molecule has 17 heavy (non-hydrogen) atoms. The van der Waals surface area contributed by atoms with E-state index in [0.29, 0.717) is 0 Å². The van der Waals surface area contributed by atoms with Crippen LogP contribution < -0.4 is 5.73 Å². The Kier molecular flexibility index (Phi) is 3.13. The molecule has 0 aromatic carbocycles. The van der Waals surface area contributed by atoms with Gasteiger partial charge in [0.25, 0.3) is 0 Å². The first-order valence-electron chi connectivity index (χ1n) is 5.97. The molecule has 0 saturated heterocycles. The zero-order valence-electron chi connectivity index (χ0n) is 10.6. The highest BCUT2D eigenvalue weighted by Gasteiger charge is 2.09. The van der Waals surface area contributed by atoms with Crippen LogP contribution in [0.4, 0.5) is 5.69 Å². The summed E-state index contributed by atoms with van der Waals surface area (Å²) in [6, 6.07) is 5.92. The lowest BCUT2D eigenvalue weighted by Gasteiger charge is -2.07. The lowest BCUT2D eigenvalue weighted by Crippen LogP contribution is -2.06. The topological polar surface area (TPSA) is 56.7 Å². The van der Waals surface area contributed by atoms with E-state index in [9.17, 15) is 0 Å². The molecule has 0 fully saturated rings. The molecule has 90 valence electrons. The van der Waals surface area contributed by atoms with Gasteiger partial charge in [-0.2, -0.15) is 5.10 Å². The molecular formula is C13H18N4. The van der Waals surface area contributed by atoms with E-state index in [1.807, 2.05) is 23.7 Å². The molecule has 0 amide bonds. The molecule has 0 spiro atoms. The molecule has 4 nitrogen and oxygen atoms in total. The largest absolute Gasteiger partial charge is 0.397 e. The summed E-state index contributed by atoms with van der Waals surface area (Å²) < 4.78 is 1.91. The molecule has 4 heteroatoms. The van der Waals surface area contributed by atoms with Gasteiger partial charge in [-0.15, -0.1) is 0 Å². The van der Waals surface area contributed by atoms with Crippen LogP contribution in [0.1, 0.15) is 30.9 Å². The standard InChI is InChI=1S/C13H18N4/c1-4-10-8-11(5-2)17(16-10)13-7-6-12(14)9(3)15-13/h6-8H,4-5,14H2,1-3H3. The van der Waals surface area contributed by atoms with Gasteiger partial charge in [-0.25, -0.2) is 9.67 Å². The number of nitrogens with zero attached hydrogens (tertiary/aromatic N) is 3. The van der Waals surface area contributed by atoms with Gasteiger partial charge in [0.05, 0.1) is 17.1 Å². The SMILES string of the molecule is CCc1cc(CC)n(-c2ccc(N)c(C)n2)n1. The van der Waals surface area contributed by atoms with Crippen molar-refractivity contribution in [3.63, 3.8) is 0 Å². The van der Waals surface area contributed by atoms with Gasteiger partial charge in [0.1, 0.15) is 0 Å². The second kappa shape index (κ2) is 4.57. The van der Waals surface area contributed by atoms with Gasteiger partial charge in [0.15, 0.2) is 5.82 Å². The van der Waals surface area contributed by atoms with Gasteiger partial charge in [-0.3, -0.25) is 0 Å². The van der Waals surface area contributed by atoms with Crippen molar-refractivity contribution in [3.05, 3.63) is 35.3 Å². The van der Waals surface area contributed by atoms with Crippen molar-refractivity contribution in [1.29, 1.82) is 0 Å². The van der Waals surface area contributed by atoms with Crippen molar-refractivity contribution in [2.24, 2.45) is 0 Å². The number of nitrogens with two attached hydrogens (primary N) is 1. The molecule has 0 bridgehead atoms. The molecule has 2 aromatic heterocycles. The predicted molar refractivity (Wildman–Crippen MR) is 69.3 cm³/mol. The fourth-order valence-electron chi connectivity index (χ4n) is 1.77. The third kappa shape index (κ3) is 2.16. The Balaban J connectivity index is 2.51. The van der Waals surface area contributed by atoms with E-state index < -0.39 is 0 Å². The van der Waals surface area contributed by atoms with E-state index in [-0.39, 0.29) is 0 Å². The average molecular weight is 230 g/mol. The molecule has 0 aliphatic carbocycles. The highest BCUT2D eigenvalue weighted by Crippen LogP contribution is 2.15. The maximum atomic E-state index is 5.78. The van der Waals surface area contributed by atoms with E-state index >= 15 is 0 Å². The van der Waals surface area contributed by atoms with Gasteiger partial charge in [0.2, 0.25) is 0 Å². The molecule has 2 heterocycles. The summed E-state index contributed by atoms with van der Waals surface area (Å²) >= 11 is 0. The molecule has 2 N–H and O–H groups in total. The Labute approximate surface area is 101 Å². The Morgan fingerprint density at radius 1 is 1.24 bits per heavy atom. The molecule has 2 rings (SSSR count). The first-order valence-corrected chi connectivity index (χ1v) is 5.97. The zero-order valence-corrected chi connectivity index (χ0v) is 10.6. The van der Waals surface area contributed by atoms with Crippen LogP contribution in [-0.2, 0) is 12.8 Å². The first kappa shape index (κ1) is 11.6. The predicted octanol–water partition coefficient (Wildman–Crippen LogP) is 2.28. The summed E-state index contributed by atoms with van der Waals surface area (Å²) in [6.45, 7) is 6.14. The van der Waals surface area contributed by atoms with Crippen LogP contribution in [0.5, 0.6) is 0 Å². The molecular weight excluding hydrogens is 212 g/mol. The molecule has 0 atom stereocenters. The normalized spacial score (nSPS) is 10.8. The zero-order chi connectivity index (χ0) is 12.4. The monoisotopic (exact) mass is 230 g/mol. The van der Waals surface area contributed by atoms with Gasteiger partial charge < -0.3 is 5.73 Å². The Morgan fingerprint density at radius 3 is 2.59 bits per heavy atom. The summed E-state index contributed by atoms with van der Waals surface area (Å²) in [5.74, 6) is 0.841. The second-order valence-corrected chi connectivity index (χ2v) is 4.09. The van der Waals surface area contributed by atoms with Crippen LogP contribution in [0, 0.1) is 6.92 Å². The van der Waals surface area contributed by atoms with Crippen molar-refractivity contribution in [2.75, 3.05) is 5.73 Å². The van der Waals surface area contributed by atoms with Crippen molar-refractivity contribution >= 4 is 5.69 Å². The van der Waals surface area contributed by atoms with E-state index in [1.54, 1.807) is 0 Å². The van der Waals surface area contributed by atoms with Crippen LogP contribution in [0.2, 0.25) is 0 Å². The van der Waals surface area contributed by atoms with Crippen LogP contribution in [0.15, 0.2) is 18.2 Å². The van der Waals surface area contributed by atoms with E-state index in [1.165, 1.54) is 5.69 Å². The number of aromatic nitrogens is 3. The number of rotatable bonds is 3. The minimum atomic E-state index is 0.717. The van der Waals surface area contributed by atoms with E-state index in [4.69, 9.17) is 5.73 Å². The van der Waals surface area contributed by atoms with Gasteiger partial charge in [-0.05, 0) is 38.0 Å². The van der Waals surface area contributed by atoms with E-state index in [0.717, 1.165) is 35.7 Å². The summed E-state index contributed by atoms with van der Waals surface area (Å²) in [5, 5.41) is 4.55. The van der Waals surface area contributed by atoms with Crippen molar-refractivity contribution in [3.8, 4) is 5.82 Å². The number of pyridine rings is 1. The van der Waals surface area contributed by atoms with Crippen molar-refractivity contribution in [2.45, 2.75) is 33.6 Å². The number of nitrogen functional groups attached to an aromatic ring is 1. The molecule has 2 aromatic rings. The first-order chi connectivity index (χ1) is 8.15. The minimum absolute atomic E-state index is 0.717. The lowest BCUT2D eigenvalue weighted by molar-refractivity contribution is 0.769. The Hall–Kier alpha value is -1.84. The van der Waals surface area contributed by atoms with Crippen LogP contribution in [0.25, 0.3) is 5.82 Å². The maximum absolute atomic E-state index is 5.78. The third-order valence-corrected chi connectivity index (χ3v) is 2.89. The Morgan fingerprint density at radius 2 is 2.00 bits per heavy atom. The number of hydrogen-bond donors (Lipinski definition) is 1. The van der Waals surface area contributed by atoms with E-state index in [2.05, 4.69) is 30.0 Å². The lowest BCUT2D eigenvalue weighted by atomic mass is 10.2. The summed E-state index contributed by atoms with van der Waals surface area (Å²) in [4.78, 5) is 4.47. The highest BCUT2D eigenvalue weighted by molar-refractivity contribution is 5.45. The van der Waals surface area contributed by atoms with Gasteiger partial charge >= 0.3 is 0 Å². The van der Waals surface area contributed by atoms with Crippen LogP contribution in [0.3, 0.4) is 0 Å². The average Bonchev–Trinajstić information content (AvgIpc) is 2.76. The van der Waals surface area contributed by atoms with Gasteiger partial charge in [0, 0.05) is 5.69 Å². The minimum Gasteiger partial charge on any atom is -0.397 e. The quantitative estimate of drug-likeness (QED) is 0.880.